The first-order chi connectivity index (χ1) is 11.3. The molecule has 0 atom stereocenters. The SMILES string of the molecule is Oc1ccccc1-c1n[nH]c(=S)n1-c1cccc2ccccc12. The van der Waals surface area contributed by atoms with Gasteiger partial charge in [0.15, 0.2) is 10.6 Å². The van der Waals surface area contributed by atoms with Crippen molar-refractivity contribution in [2.24, 2.45) is 0 Å². The van der Waals surface area contributed by atoms with E-state index in [1.54, 1.807) is 12.1 Å². The summed E-state index contributed by atoms with van der Waals surface area (Å²) in [6, 6.07) is 21.3. The zero-order valence-corrected chi connectivity index (χ0v) is 12.9. The molecule has 2 N–H and O–H groups in total. The molecule has 0 aliphatic heterocycles. The maximum absolute atomic E-state index is 10.2. The summed E-state index contributed by atoms with van der Waals surface area (Å²) in [7, 11) is 0. The molecule has 0 amide bonds. The number of fused-ring (bicyclic) bond motifs is 1. The fourth-order valence-corrected chi connectivity index (χ4v) is 3.00. The maximum atomic E-state index is 10.2. The Morgan fingerprint density at radius 3 is 2.52 bits per heavy atom. The summed E-state index contributed by atoms with van der Waals surface area (Å²) in [5, 5.41) is 19.5. The Hall–Kier alpha value is -2.92. The van der Waals surface area contributed by atoms with Crippen molar-refractivity contribution >= 4 is 23.0 Å². The number of para-hydroxylation sites is 1. The van der Waals surface area contributed by atoms with Gasteiger partial charge in [0.2, 0.25) is 0 Å². The number of H-pyrrole nitrogens is 1. The van der Waals surface area contributed by atoms with Gasteiger partial charge in [-0.2, -0.15) is 5.10 Å². The summed E-state index contributed by atoms with van der Waals surface area (Å²) < 4.78 is 2.34. The van der Waals surface area contributed by atoms with E-state index in [1.807, 2.05) is 47.0 Å². The Balaban J connectivity index is 2.06. The zero-order chi connectivity index (χ0) is 15.8. The number of phenols is 1. The van der Waals surface area contributed by atoms with Gasteiger partial charge in [0.1, 0.15) is 5.75 Å². The number of rotatable bonds is 2. The highest BCUT2D eigenvalue weighted by Crippen LogP contribution is 2.31. The van der Waals surface area contributed by atoms with Gasteiger partial charge >= 0.3 is 0 Å². The van der Waals surface area contributed by atoms with E-state index in [0.717, 1.165) is 16.5 Å². The number of phenolic OH excluding ortho intramolecular Hbond substituents is 1. The molecule has 0 fully saturated rings. The van der Waals surface area contributed by atoms with E-state index in [1.165, 1.54) is 0 Å². The maximum Gasteiger partial charge on any atom is 0.200 e. The van der Waals surface area contributed by atoms with E-state index in [2.05, 4.69) is 22.3 Å². The molecule has 3 aromatic carbocycles. The molecule has 5 heteroatoms. The molecule has 112 valence electrons. The molecule has 1 aromatic heterocycles. The Morgan fingerprint density at radius 1 is 0.913 bits per heavy atom. The number of nitrogens with one attached hydrogen (secondary N) is 1. The van der Waals surface area contributed by atoms with Crippen molar-refractivity contribution in [2.45, 2.75) is 0 Å². The highest BCUT2D eigenvalue weighted by atomic mass is 32.1. The molecule has 0 spiro atoms. The number of nitrogens with zero attached hydrogens (tertiary/aromatic N) is 2. The number of hydrogen-bond donors (Lipinski definition) is 2. The summed E-state index contributed by atoms with van der Waals surface area (Å²) in [6.07, 6.45) is 0. The normalized spacial score (nSPS) is 11.0. The Labute approximate surface area is 137 Å². The zero-order valence-electron chi connectivity index (χ0n) is 12.1. The molecular formula is C18H13N3OS. The lowest BCUT2D eigenvalue weighted by molar-refractivity contribution is 0.476. The van der Waals surface area contributed by atoms with E-state index < -0.39 is 0 Å². The van der Waals surface area contributed by atoms with Crippen molar-refractivity contribution in [3.8, 4) is 22.8 Å². The van der Waals surface area contributed by atoms with Crippen LogP contribution < -0.4 is 0 Å². The quantitative estimate of drug-likeness (QED) is 0.537. The van der Waals surface area contributed by atoms with Gasteiger partial charge in [0.05, 0.1) is 11.3 Å². The number of aromatic amines is 1. The van der Waals surface area contributed by atoms with Gasteiger partial charge in [-0.3, -0.25) is 9.67 Å². The molecule has 23 heavy (non-hydrogen) atoms. The van der Waals surface area contributed by atoms with Gasteiger partial charge < -0.3 is 5.11 Å². The number of benzene rings is 3. The second-order valence-corrected chi connectivity index (χ2v) is 5.59. The van der Waals surface area contributed by atoms with Crippen LogP contribution in [0.15, 0.2) is 66.7 Å². The van der Waals surface area contributed by atoms with Gasteiger partial charge in [-0.15, -0.1) is 0 Å². The third-order valence-electron chi connectivity index (χ3n) is 3.82. The van der Waals surface area contributed by atoms with Crippen LogP contribution in [0.25, 0.3) is 27.8 Å². The molecule has 0 radical (unpaired) electrons. The predicted molar refractivity (Wildman–Crippen MR) is 93.4 cm³/mol. The molecule has 4 aromatic rings. The van der Waals surface area contributed by atoms with Crippen molar-refractivity contribution in [2.75, 3.05) is 0 Å². The van der Waals surface area contributed by atoms with Crippen LogP contribution >= 0.6 is 12.2 Å². The van der Waals surface area contributed by atoms with Crippen LogP contribution in [0.4, 0.5) is 0 Å². The van der Waals surface area contributed by atoms with Crippen LogP contribution in [0.1, 0.15) is 0 Å². The van der Waals surface area contributed by atoms with Crippen LogP contribution in [0.5, 0.6) is 5.75 Å². The summed E-state index contributed by atoms with van der Waals surface area (Å²) in [6.45, 7) is 0. The lowest BCUT2D eigenvalue weighted by Crippen LogP contribution is -1.99. The van der Waals surface area contributed by atoms with E-state index in [4.69, 9.17) is 12.2 Å². The molecule has 4 nitrogen and oxygen atoms in total. The van der Waals surface area contributed by atoms with Gasteiger partial charge in [0, 0.05) is 5.39 Å². The first kappa shape index (κ1) is 13.7. The van der Waals surface area contributed by atoms with Gasteiger partial charge in [-0.25, -0.2) is 0 Å². The molecule has 0 aliphatic carbocycles. The number of aromatic hydroxyl groups is 1. The van der Waals surface area contributed by atoms with E-state index in [9.17, 15) is 5.11 Å². The summed E-state index contributed by atoms with van der Waals surface area (Å²) in [5.41, 5.74) is 1.56. The number of hydrogen-bond acceptors (Lipinski definition) is 3. The minimum Gasteiger partial charge on any atom is -0.507 e. The smallest absolute Gasteiger partial charge is 0.200 e. The van der Waals surface area contributed by atoms with Crippen molar-refractivity contribution in [1.29, 1.82) is 0 Å². The molecule has 0 aliphatic rings. The number of aromatic nitrogens is 3. The molecule has 4 rings (SSSR count). The standard InChI is InChI=1S/C18H13N3OS/c22-16-11-4-3-9-14(16)17-19-20-18(23)21(17)15-10-5-7-12-6-1-2-8-13(12)15/h1-11,22H,(H,20,23). The van der Waals surface area contributed by atoms with Crippen molar-refractivity contribution in [3.05, 3.63) is 71.5 Å². The summed E-state index contributed by atoms with van der Waals surface area (Å²) >= 11 is 5.42. The van der Waals surface area contributed by atoms with Gasteiger partial charge in [0.25, 0.3) is 0 Å². The molecule has 1 heterocycles. The fourth-order valence-electron chi connectivity index (χ4n) is 2.77. The highest BCUT2D eigenvalue weighted by Gasteiger charge is 2.15. The molecule has 0 bridgehead atoms. The largest absolute Gasteiger partial charge is 0.507 e. The third kappa shape index (κ3) is 2.22. The van der Waals surface area contributed by atoms with Crippen LogP contribution in [-0.4, -0.2) is 19.9 Å². The first-order valence-corrected chi connectivity index (χ1v) is 7.60. The molecule has 0 unspecified atom stereocenters. The minimum absolute atomic E-state index is 0.169. The summed E-state index contributed by atoms with van der Waals surface area (Å²) in [4.78, 5) is 0. The topological polar surface area (TPSA) is 53.8 Å². The van der Waals surface area contributed by atoms with E-state index in [0.29, 0.717) is 16.2 Å². The van der Waals surface area contributed by atoms with Crippen LogP contribution in [-0.2, 0) is 0 Å². The lowest BCUT2D eigenvalue weighted by Gasteiger charge is -2.11. The van der Waals surface area contributed by atoms with Crippen LogP contribution in [0.2, 0.25) is 0 Å². The Morgan fingerprint density at radius 2 is 1.65 bits per heavy atom. The average molecular weight is 319 g/mol. The van der Waals surface area contributed by atoms with Crippen LogP contribution in [0.3, 0.4) is 0 Å². The molecular weight excluding hydrogens is 306 g/mol. The van der Waals surface area contributed by atoms with Crippen molar-refractivity contribution < 1.29 is 5.11 Å². The van der Waals surface area contributed by atoms with Crippen LogP contribution in [0, 0.1) is 4.77 Å². The fraction of sp³-hybridized carbons (Fsp3) is 0. The minimum atomic E-state index is 0.169. The van der Waals surface area contributed by atoms with E-state index >= 15 is 0 Å². The average Bonchev–Trinajstić information content (AvgIpc) is 2.96. The highest BCUT2D eigenvalue weighted by molar-refractivity contribution is 7.71. The first-order valence-electron chi connectivity index (χ1n) is 7.19. The molecule has 0 saturated heterocycles. The second kappa shape index (κ2) is 5.37. The van der Waals surface area contributed by atoms with Gasteiger partial charge in [-0.05, 0) is 35.8 Å². The monoisotopic (exact) mass is 319 g/mol. The van der Waals surface area contributed by atoms with Crippen molar-refractivity contribution in [3.63, 3.8) is 0 Å². The molecule has 0 saturated carbocycles. The predicted octanol–water partition coefficient (Wildman–Crippen LogP) is 4.46. The lowest BCUT2D eigenvalue weighted by atomic mass is 10.1. The summed E-state index contributed by atoms with van der Waals surface area (Å²) in [5.74, 6) is 0.757. The van der Waals surface area contributed by atoms with Gasteiger partial charge in [-0.1, -0.05) is 48.5 Å². The third-order valence-corrected chi connectivity index (χ3v) is 4.10. The van der Waals surface area contributed by atoms with Crippen molar-refractivity contribution in [1.82, 2.24) is 14.8 Å². The Kier molecular flexibility index (Phi) is 3.20. The Bertz CT molecular complexity index is 1060. The van der Waals surface area contributed by atoms with E-state index in [-0.39, 0.29) is 5.75 Å². The second-order valence-electron chi connectivity index (χ2n) is 5.20.